The van der Waals surface area contributed by atoms with Gasteiger partial charge >= 0.3 is 7.12 Å². The van der Waals surface area contributed by atoms with E-state index in [9.17, 15) is 4.79 Å². The van der Waals surface area contributed by atoms with Crippen molar-refractivity contribution < 1.29 is 18.8 Å². The first-order valence-electron chi connectivity index (χ1n) is 12.6. The molecule has 32 heavy (non-hydrogen) atoms. The van der Waals surface area contributed by atoms with Crippen LogP contribution in [0, 0.1) is 5.41 Å². The Hall–Kier alpha value is -1.37. The Morgan fingerprint density at radius 3 is 2.12 bits per heavy atom. The molecule has 1 spiro atoms. The van der Waals surface area contributed by atoms with Crippen LogP contribution in [0.25, 0.3) is 0 Å². The minimum atomic E-state index is -0.314. The van der Waals surface area contributed by atoms with Crippen molar-refractivity contribution in [2.45, 2.75) is 96.9 Å². The summed E-state index contributed by atoms with van der Waals surface area (Å²) in [5, 5.41) is 0. The van der Waals surface area contributed by atoms with Crippen LogP contribution in [0.5, 0.6) is 0 Å². The molecule has 3 heterocycles. The fourth-order valence-electron chi connectivity index (χ4n) is 5.38. The van der Waals surface area contributed by atoms with Gasteiger partial charge in [-0.05, 0) is 82.2 Å². The van der Waals surface area contributed by atoms with Gasteiger partial charge in [0.05, 0.1) is 11.2 Å². The third-order valence-corrected chi connectivity index (χ3v) is 8.33. The maximum absolute atomic E-state index is 12.6. The molecule has 1 aromatic carbocycles. The van der Waals surface area contributed by atoms with Crippen LogP contribution in [0.4, 0.5) is 0 Å². The second-order valence-corrected chi connectivity index (χ2v) is 10.7. The summed E-state index contributed by atoms with van der Waals surface area (Å²) in [6.07, 6.45) is 5.17. The van der Waals surface area contributed by atoms with Crippen molar-refractivity contribution in [1.29, 1.82) is 0 Å². The van der Waals surface area contributed by atoms with Crippen molar-refractivity contribution in [2.75, 3.05) is 19.7 Å². The van der Waals surface area contributed by atoms with E-state index in [2.05, 4.69) is 52.0 Å². The average Bonchev–Trinajstić information content (AvgIpc) is 3.12. The van der Waals surface area contributed by atoms with E-state index in [4.69, 9.17) is 14.0 Å². The number of amides is 1. The van der Waals surface area contributed by atoms with E-state index in [1.165, 1.54) is 12.0 Å². The largest absolute Gasteiger partial charge is 0.494 e. The van der Waals surface area contributed by atoms with E-state index in [0.29, 0.717) is 11.3 Å². The third-order valence-electron chi connectivity index (χ3n) is 8.33. The topological polar surface area (TPSA) is 48.0 Å². The van der Waals surface area contributed by atoms with Crippen LogP contribution in [0.3, 0.4) is 0 Å². The lowest BCUT2D eigenvalue weighted by Gasteiger charge is -2.34. The number of hydrogen-bond acceptors (Lipinski definition) is 4. The van der Waals surface area contributed by atoms with Gasteiger partial charge in [0.2, 0.25) is 0 Å². The Balaban J connectivity index is 0.00000119. The summed E-state index contributed by atoms with van der Waals surface area (Å²) in [5.41, 5.74) is 2.26. The fraction of sp³-hybridized carbons (Fsp3) is 0.731. The predicted octanol–water partition coefficient (Wildman–Crippen LogP) is 4.29. The van der Waals surface area contributed by atoms with Gasteiger partial charge < -0.3 is 18.9 Å². The summed E-state index contributed by atoms with van der Waals surface area (Å²) in [4.78, 5) is 14.7. The van der Waals surface area contributed by atoms with E-state index in [1.807, 2.05) is 18.7 Å². The second kappa shape index (κ2) is 8.77. The highest BCUT2D eigenvalue weighted by Crippen LogP contribution is 2.64. The first-order valence-corrected chi connectivity index (χ1v) is 12.6. The van der Waals surface area contributed by atoms with Crippen LogP contribution in [-0.2, 0) is 18.8 Å². The molecule has 3 saturated heterocycles. The minimum Gasteiger partial charge on any atom is -0.399 e. The van der Waals surface area contributed by atoms with Crippen LogP contribution in [0.2, 0.25) is 0 Å². The second-order valence-electron chi connectivity index (χ2n) is 10.7. The molecule has 4 aliphatic rings. The number of piperidine rings is 1. The fourth-order valence-corrected chi connectivity index (χ4v) is 5.38. The van der Waals surface area contributed by atoms with Crippen LogP contribution < -0.4 is 5.46 Å². The van der Waals surface area contributed by atoms with Crippen molar-refractivity contribution in [3.05, 3.63) is 29.8 Å². The monoisotopic (exact) mass is 441 g/mol. The SMILES string of the molecule is CC.CC1(C)OB(c2ccc(C3CC34CCN(C(=O)C3CCCO3)CC4)cc2)OC1(C)C. The van der Waals surface area contributed by atoms with Crippen LogP contribution in [-0.4, -0.2) is 54.9 Å². The lowest BCUT2D eigenvalue weighted by Crippen LogP contribution is -2.44. The van der Waals surface area contributed by atoms with Gasteiger partial charge in [-0.3, -0.25) is 4.79 Å². The highest BCUT2D eigenvalue weighted by atomic mass is 16.7. The summed E-state index contributed by atoms with van der Waals surface area (Å²) in [7, 11) is -0.302. The third kappa shape index (κ3) is 4.26. The first kappa shape index (κ1) is 23.8. The van der Waals surface area contributed by atoms with Crippen LogP contribution in [0.1, 0.15) is 85.1 Å². The molecule has 1 saturated carbocycles. The standard InChI is InChI=1S/C24H34BNO4.C2H6/c1-22(2)23(3,4)30-25(29-22)18-9-7-17(8-10-18)19-16-24(19)11-13-26(14-12-24)21(27)20-6-5-15-28-20;1-2/h7-10,19-20H,5-6,11-16H2,1-4H3;1-2H3. The summed E-state index contributed by atoms with van der Waals surface area (Å²) in [5.74, 6) is 0.830. The summed E-state index contributed by atoms with van der Waals surface area (Å²) in [6, 6.07) is 8.84. The van der Waals surface area contributed by atoms with Gasteiger partial charge in [0, 0.05) is 19.7 Å². The molecule has 2 atom stereocenters. The molecule has 1 aromatic rings. The number of nitrogens with zero attached hydrogens (tertiary/aromatic N) is 1. The van der Waals surface area contributed by atoms with E-state index in [0.717, 1.165) is 50.8 Å². The Morgan fingerprint density at radius 2 is 1.59 bits per heavy atom. The molecular weight excluding hydrogens is 401 g/mol. The number of carbonyl (C=O) groups excluding carboxylic acids is 1. The molecule has 176 valence electrons. The Morgan fingerprint density at radius 1 is 1.00 bits per heavy atom. The van der Waals surface area contributed by atoms with E-state index >= 15 is 0 Å². The Labute approximate surface area is 194 Å². The number of benzene rings is 1. The molecule has 0 radical (unpaired) electrons. The van der Waals surface area contributed by atoms with Crippen molar-refractivity contribution in [2.24, 2.45) is 5.41 Å². The molecule has 6 heteroatoms. The van der Waals surface area contributed by atoms with Crippen molar-refractivity contribution >= 4 is 18.5 Å². The maximum atomic E-state index is 12.6. The molecule has 4 fully saturated rings. The summed E-state index contributed by atoms with van der Waals surface area (Å²) in [6.45, 7) is 14.8. The van der Waals surface area contributed by atoms with E-state index in [1.54, 1.807) is 0 Å². The molecule has 3 aliphatic heterocycles. The molecule has 1 amide bonds. The molecule has 0 bridgehead atoms. The molecule has 0 aromatic heterocycles. The number of hydrogen-bond donors (Lipinski definition) is 0. The van der Waals surface area contributed by atoms with Crippen LogP contribution >= 0.6 is 0 Å². The predicted molar refractivity (Wildman–Crippen MR) is 128 cm³/mol. The normalized spacial score (nSPS) is 29.6. The lowest BCUT2D eigenvalue weighted by molar-refractivity contribution is -0.142. The number of carbonyl (C=O) groups is 1. The Kier molecular flexibility index (Phi) is 6.52. The molecule has 5 rings (SSSR count). The smallest absolute Gasteiger partial charge is 0.399 e. The van der Waals surface area contributed by atoms with Gasteiger partial charge in [-0.1, -0.05) is 38.1 Å². The average molecular weight is 441 g/mol. The van der Waals surface area contributed by atoms with Crippen molar-refractivity contribution in [3.63, 3.8) is 0 Å². The molecule has 1 aliphatic carbocycles. The first-order chi connectivity index (χ1) is 15.2. The molecule has 2 unspecified atom stereocenters. The zero-order valence-electron chi connectivity index (χ0n) is 20.8. The van der Waals surface area contributed by atoms with Crippen molar-refractivity contribution in [3.8, 4) is 0 Å². The quantitative estimate of drug-likeness (QED) is 0.657. The van der Waals surface area contributed by atoms with Gasteiger partial charge in [0.1, 0.15) is 6.10 Å². The maximum Gasteiger partial charge on any atom is 0.494 e. The zero-order valence-corrected chi connectivity index (χ0v) is 20.8. The summed E-state index contributed by atoms with van der Waals surface area (Å²) >= 11 is 0. The highest BCUT2D eigenvalue weighted by Gasteiger charge is 2.56. The van der Waals surface area contributed by atoms with Gasteiger partial charge in [0.25, 0.3) is 5.91 Å². The van der Waals surface area contributed by atoms with E-state index < -0.39 is 0 Å². The zero-order chi connectivity index (χ0) is 23.1. The van der Waals surface area contributed by atoms with Crippen LogP contribution in [0.15, 0.2) is 24.3 Å². The van der Waals surface area contributed by atoms with E-state index in [-0.39, 0.29) is 30.3 Å². The van der Waals surface area contributed by atoms with Gasteiger partial charge in [-0.2, -0.15) is 0 Å². The van der Waals surface area contributed by atoms with Gasteiger partial charge in [0.15, 0.2) is 0 Å². The number of rotatable bonds is 3. The molecular formula is C26H40BNO4. The molecule has 5 nitrogen and oxygen atoms in total. The van der Waals surface area contributed by atoms with Gasteiger partial charge in [-0.25, -0.2) is 0 Å². The number of likely N-dealkylation sites (tertiary alicyclic amines) is 1. The Bertz CT molecular complexity index is 792. The molecule has 0 N–H and O–H groups in total. The van der Waals surface area contributed by atoms with Crippen molar-refractivity contribution in [1.82, 2.24) is 4.90 Å². The highest BCUT2D eigenvalue weighted by molar-refractivity contribution is 6.62. The lowest BCUT2D eigenvalue weighted by atomic mass is 9.78. The van der Waals surface area contributed by atoms with Gasteiger partial charge in [-0.15, -0.1) is 0 Å². The minimum absolute atomic E-state index is 0.184. The summed E-state index contributed by atoms with van der Waals surface area (Å²) < 4.78 is 18.0. The number of ether oxygens (including phenoxy) is 1.